The number of amides is 1. The van der Waals surface area contributed by atoms with Crippen molar-refractivity contribution in [3.8, 4) is 5.75 Å². The van der Waals surface area contributed by atoms with Crippen molar-refractivity contribution in [3.05, 3.63) is 117 Å². The van der Waals surface area contributed by atoms with E-state index in [1.54, 1.807) is 6.92 Å². The van der Waals surface area contributed by atoms with Crippen LogP contribution in [0.1, 0.15) is 29.0 Å². The number of benzene rings is 2. The molecule has 5 rings (SSSR count). The first-order valence-corrected chi connectivity index (χ1v) is 12.8. The largest absolute Gasteiger partial charge is 0.507 e. The Balaban J connectivity index is 1.66. The summed E-state index contributed by atoms with van der Waals surface area (Å²) < 4.78 is 1.70. The van der Waals surface area contributed by atoms with Gasteiger partial charge in [-0.2, -0.15) is 0 Å². The first-order chi connectivity index (χ1) is 17.7. The van der Waals surface area contributed by atoms with Gasteiger partial charge in [0, 0.05) is 28.3 Å². The Labute approximate surface area is 218 Å². The maximum absolute atomic E-state index is 13.7. The fourth-order valence-electron chi connectivity index (χ4n) is 4.14. The van der Waals surface area contributed by atoms with Crippen molar-refractivity contribution in [2.24, 2.45) is 4.99 Å². The SMILES string of the molecule is CC1=C(C(=O)Nc2ccccc2C)C(c2cccs2)n2c(s/c(=C\c3cc([N+](=O)[O-])ccc3O)c2=O)=N1. The average molecular weight is 533 g/mol. The Hall–Kier alpha value is -4.35. The molecule has 1 aliphatic heterocycles. The van der Waals surface area contributed by atoms with Gasteiger partial charge >= 0.3 is 0 Å². The average Bonchev–Trinajstić information content (AvgIpc) is 3.49. The number of carbonyl (C=O) groups excluding carboxylic acids is 1. The molecule has 2 N–H and O–H groups in total. The number of aromatic nitrogens is 1. The summed E-state index contributed by atoms with van der Waals surface area (Å²) in [5, 5.41) is 26.3. The zero-order valence-electron chi connectivity index (χ0n) is 19.7. The zero-order valence-corrected chi connectivity index (χ0v) is 21.3. The van der Waals surface area contributed by atoms with E-state index >= 15 is 0 Å². The van der Waals surface area contributed by atoms with Crippen LogP contribution in [-0.2, 0) is 4.79 Å². The van der Waals surface area contributed by atoms with E-state index in [1.165, 1.54) is 40.2 Å². The number of nitro groups is 1. The summed E-state index contributed by atoms with van der Waals surface area (Å²) in [6.45, 7) is 3.63. The molecular formula is C26H20N4O5S2. The molecule has 0 fully saturated rings. The van der Waals surface area contributed by atoms with E-state index in [0.29, 0.717) is 21.8 Å². The molecule has 9 nitrogen and oxygen atoms in total. The molecule has 37 heavy (non-hydrogen) atoms. The summed E-state index contributed by atoms with van der Waals surface area (Å²) in [6, 6.07) is 14.0. The topological polar surface area (TPSA) is 127 Å². The standard InChI is InChI=1S/C26H20N4O5S2/c1-14-6-3-4-7-18(14)28-24(32)22-15(2)27-26-29(23(22)20-8-5-11-36-20)25(33)21(37-26)13-16-12-17(30(34)35)9-10-19(16)31/h3-13,23,31H,1-2H3,(H,28,32)/b21-13-. The number of carbonyl (C=O) groups is 1. The highest BCUT2D eigenvalue weighted by Gasteiger charge is 2.33. The summed E-state index contributed by atoms with van der Waals surface area (Å²) >= 11 is 2.51. The second kappa shape index (κ2) is 9.60. The number of allylic oxidation sites excluding steroid dienone is 1. The Kier molecular flexibility index (Phi) is 6.32. The number of nitrogens with one attached hydrogen (secondary N) is 1. The highest BCUT2D eigenvalue weighted by Crippen LogP contribution is 2.33. The van der Waals surface area contributed by atoms with E-state index < -0.39 is 16.5 Å². The number of nitrogens with zero attached hydrogens (tertiary/aromatic N) is 3. The molecule has 186 valence electrons. The number of rotatable bonds is 5. The maximum Gasteiger partial charge on any atom is 0.271 e. The monoisotopic (exact) mass is 532 g/mol. The second-order valence-electron chi connectivity index (χ2n) is 8.37. The number of thiophene rings is 1. The number of para-hydroxylation sites is 1. The van der Waals surface area contributed by atoms with E-state index in [9.17, 15) is 24.8 Å². The Morgan fingerprint density at radius 3 is 2.68 bits per heavy atom. The second-order valence-corrected chi connectivity index (χ2v) is 10.4. The molecule has 2 aromatic carbocycles. The van der Waals surface area contributed by atoms with Crippen molar-refractivity contribution in [1.82, 2.24) is 4.57 Å². The number of aromatic hydroxyl groups is 1. The molecule has 0 aliphatic carbocycles. The predicted molar refractivity (Wildman–Crippen MR) is 143 cm³/mol. The van der Waals surface area contributed by atoms with Gasteiger partial charge in [0.2, 0.25) is 0 Å². The van der Waals surface area contributed by atoms with Gasteiger partial charge in [-0.1, -0.05) is 35.6 Å². The minimum Gasteiger partial charge on any atom is -0.507 e. The molecule has 1 aliphatic rings. The molecule has 0 saturated carbocycles. The molecule has 1 amide bonds. The smallest absolute Gasteiger partial charge is 0.271 e. The first kappa shape index (κ1) is 24.3. The van der Waals surface area contributed by atoms with Crippen LogP contribution in [0.3, 0.4) is 0 Å². The van der Waals surface area contributed by atoms with Crippen LogP contribution in [0.25, 0.3) is 6.08 Å². The van der Waals surface area contributed by atoms with Crippen molar-refractivity contribution in [2.75, 3.05) is 5.32 Å². The number of aryl methyl sites for hydroxylation is 1. The highest BCUT2D eigenvalue weighted by molar-refractivity contribution is 7.10. The highest BCUT2D eigenvalue weighted by atomic mass is 32.1. The quantitative estimate of drug-likeness (QED) is 0.298. The molecule has 0 spiro atoms. The van der Waals surface area contributed by atoms with E-state index in [-0.39, 0.29) is 27.4 Å². The summed E-state index contributed by atoms with van der Waals surface area (Å²) in [7, 11) is 0. The minimum atomic E-state index is -0.707. The third kappa shape index (κ3) is 4.50. The van der Waals surface area contributed by atoms with Crippen LogP contribution in [0.5, 0.6) is 5.75 Å². The molecule has 0 radical (unpaired) electrons. The number of hydrogen-bond acceptors (Lipinski definition) is 8. The minimum absolute atomic E-state index is 0.139. The number of fused-ring (bicyclic) bond motifs is 1. The number of phenols is 1. The van der Waals surface area contributed by atoms with E-state index in [4.69, 9.17) is 0 Å². The number of non-ortho nitro benzene ring substituents is 1. The number of thiazole rings is 1. The van der Waals surface area contributed by atoms with Gasteiger partial charge in [0.15, 0.2) is 4.80 Å². The van der Waals surface area contributed by atoms with Crippen molar-refractivity contribution in [2.45, 2.75) is 19.9 Å². The van der Waals surface area contributed by atoms with E-state index in [2.05, 4.69) is 10.3 Å². The van der Waals surface area contributed by atoms with Gasteiger partial charge in [0.1, 0.15) is 11.8 Å². The van der Waals surface area contributed by atoms with Gasteiger partial charge in [0.25, 0.3) is 17.2 Å². The van der Waals surface area contributed by atoms with E-state index in [1.807, 2.05) is 48.7 Å². The predicted octanol–water partition coefficient (Wildman–Crippen LogP) is 3.86. The molecule has 2 aromatic heterocycles. The summed E-state index contributed by atoms with van der Waals surface area (Å²) in [5.41, 5.74) is 1.91. The Bertz CT molecular complexity index is 1770. The third-order valence-electron chi connectivity index (χ3n) is 5.98. The van der Waals surface area contributed by atoms with Gasteiger partial charge in [-0.05, 0) is 49.1 Å². The van der Waals surface area contributed by atoms with Crippen LogP contribution < -0.4 is 20.2 Å². The van der Waals surface area contributed by atoms with Crippen molar-refractivity contribution < 1.29 is 14.8 Å². The Morgan fingerprint density at radius 2 is 1.97 bits per heavy atom. The molecule has 0 saturated heterocycles. The molecule has 0 bridgehead atoms. The van der Waals surface area contributed by atoms with Crippen LogP contribution in [0, 0.1) is 17.0 Å². The molecular weight excluding hydrogens is 512 g/mol. The van der Waals surface area contributed by atoms with Crippen LogP contribution in [0.2, 0.25) is 0 Å². The van der Waals surface area contributed by atoms with Crippen LogP contribution in [0.15, 0.2) is 81.0 Å². The number of hydrogen-bond donors (Lipinski definition) is 2. The van der Waals surface area contributed by atoms with Gasteiger partial charge in [-0.15, -0.1) is 11.3 Å². The lowest BCUT2D eigenvalue weighted by molar-refractivity contribution is -0.384. The van der Waals surface area contributed by atoms with Gasteiger partial charge in [-0.25, -0.2) is 4.99 Å². The zero-order chi connectivity index (χ0) is 26.3. The normalized spacial score (nSPS) is 15.3. The number of anilines is 1. The molecule has 1 atom stereocenters. The first-order valence-electron chi connectivity index (χ1n) is 11.1. The van der Waals surface area contributed by atoms with E-state index in [0.717, 1.165) is 21.8 Å². The molecule has 3 heterocycles. The van der Waals surface area contributed by atoms with Crippen LogP contribution in [-0.4, -0.2) is 20.5 Å². The van der Waals surface area contributed by atoms with Crippen molar-refractivity contribution in [3.63, 3.8) is 0 Å². The van der Waals surface area contributed by atoms with Gasteiger partial charge < -0.3 is 10.4 Å². The third-order valence-corrected chi connectivity index (χ3v) is 7.89. The maximum atomic E-state index is 13.7. The van der Waals surface area contributed by atoms with Gasteiger partial charge in [-0.3, -0.25) is 24.3 Å². The fraction of sp³-hybridized carbons (Fsp3) is 0.115. The number of nitro benzene ring substituents is 1. The summed E-state index contributed by atoms with van der Waals surface area (Å²) in [5.74, 6) is -0.555. The summed E-state index contributed by atoms with van der Waals surface area (Å²) in [6.07, 6.45) is 1.41. The van der Waals surface area contributed by atoms with Crippen LogP contribution in [0.4, 0.5) is 11.4 Å². The lowest BCUT2D eigenvalue weighted by Crippen LogP contribution is -2.40. The Morgan fingerprint density at radius 1 is 1.19 bits per heavy atom. The number of phenolic OH excluding ortho intramolecular Hbond substituents is 1. The lowest BCUT2D eigenvalue weighted by atomic mass is 10.0. The molecule has 11 heteroatoms. The van der Waals surface area contributed by atoms with Gasteiger partial charge in [0.05, 0.1) is 20.7 Å². The summed E-state index contributed by atoms with van der Waals surface area (Å²) in [4.78, 5) is 43.6. The molecule has 4 aromatic rings. The van der Waals surface area contributed by atoms with Crippen molar-refractivity contribution >= 4 is 46.0 Å². The van der Waals surface area contributed by atoms with Crippen LogP contribution >= 0.6 is 22.7 Å². The molecule has 1 unspecified atom stereocenters. The van der Waals surface area contributed by atoms with Crippen molar-refractivity contribution in [1.29, 1.82) is 0 Å². The fourth-order valence-corrected chi connectivity index (χ4v) is 6.00. The lowest BCUT2D eigenvalue weighted by Gasteiger charge is -2.24.